The number of halogens is 3. The Hall–Kier alpha value is -13.7. The lowest BCUT2D eigenvalue weighted by atomic mass is 9.81. The van der Waals surface area contributed by atoms with E-state index in [9.17, 15) is 42.3 Å². The molecule has 5 amide bonds. The Morgan fingerprint density at radius 3 is 1.52 bits per heavy atom. The van der Waals surface area contributed by atoms with Crippen molar-refractivity contribution in [1.29, 1.82) is 0 Å². The van der Waals surface area contributed by atoms with Crippen LogP contribution in [0.3, 0.4) is 0 Å². The predicted octanol–water partition coefficient (Wildman–Crippen LogP) is 16.7. The molecule has 4 aromatic heterocycles. The zero-order valence-corrected chi connectivity index (χ0v) is 75.3. The monoisotopic (exact) mass is 1780 g/mol. The molecular formula is C102H107F3N12O14. The number of amides is 5. The fourth-order valence-electron chi connectivity index (χ4n) is 19.5. The van der Waals surface area contributed by atoms with Crippen LogP contribution in [0.4, 0.5) is 13.2 Å². The van der Waals surface area contributed by atoms with E-state index in [0.29, 0.717) is 149 Å². The SMILES string of the molecule is CCn1ncc2c1-c1cc(F)ccc1OC21CCN(C(=O)c2ccccc2OC(F)F)CC1.CN(C)C(=O)c1ccccc1C(=O)N1CCC2(CC1)Oc1ccccc1-c1c2cnn1C.COC[C@@H](C)Oc1ccc(C(=O)N2CCC3(CC2)Oc2ccccc2-n2cccc23)cc1OC.Cc1cc(C(C)(C)O)ccc1C(=O)N1CCC2(CC1)Oc1ccccc1-c1c2cnn1C. The summed E-state index contributed by atoms with van der Waals surface area (Å²) in [5.41, 5.74) is 11.9. The van der Waals surface area contributed by atoms with E-state index in [0.717, 1.165) is 97.5 Å². The van der Waals surface area contributed by atoms with Gasteiger partial charge in [0.1, 0.15) is 57.5 Å². The van der Waals surface area contributed by atoms with Crippen LogP contribution in [0, 0.1) is 12.7 Å². The van der Waals surface area contributed by atoms with Gasteiger partial charge in [0.05, 0.1) is 83.1 Å². The molecule has 1 atom stereocenters. The van der Waals surface area contributed by atoms with E-state index in [1.807, 2.05) is 149 Å². The van der Waals surface area contributed by atoms with E-state index in [4.69, 9.17) is 33.2 Å². The summed E-state index contributed by atoms with van der Waals surface area (Å²) in [5.74, 6) is 3.17. The molecule has 12 aromatic rings. The minimum atomic E-state index is -3.02. The molecule has 680 valence electrons. The van der Waals surface area contributed by atoms with Crippen molar-refractivity contribution < 1.29 is 80.1 Å². The van der Waals surface area contributed by atoms with Gasteiger partial charge in [0.2, 0.25) is 0 Å². The molecule has 131 heavy (non-hydrogen) atoms. The standard InChI is InChI=1S/C27H30N2O5.C26H29N3O3.C25H26N4O3.C24H22F3N3O3/c1-19(18-31-2)33-23-11-10-20(17-24(23)32-3)26(30)28-15-12-27(13-16-28)25-9-6-14-29(25)21-7-4-5-8-22(21)34-27;1-17-15-18(25(2,3)31)9-10-19(17)24(30)29-13-11-26(12-14-29)21-16-27-28(4)23(21)20-7-5-6-8-22(20)32-26;1-27(2)23(30)17-8-4-5-9-18(17)24(31)29-14-12-25(13-15-29)20-16-26-28(3)22(20)19-10-6-7-11-21(19)32-25;1-2-30-21-17-13-15(25)7-8-20(17)33-24(18(21)14-28-30)9-11-29(12-10-24)22(31)16-5-3-4-6-19(16)32-23(26)27/h4-11,14,17,19H,12-13,15-16,18H2,1-3H3;5-10,15-16,31H,11-14H2,1-4H3;4-11,16H,12-15H2,1-3H3;3-8,13-14,23H,2,9-12H2,1H3/t19-;;;/m1.../s1. The van der Waals surface area contributed by atoms with Crippen LogP contribution in [0.25, 0.3) is 39.5 Å². The van der Waals surface area contributed by atoms with Crippen molar-refractivity contribution in [3.63, 3.8) is 0 Å². The summed E-state index contributed by atoms with van der Waals surface area (Å²) in [6.07, 6.45) is 12.7. The molecule has 4 spiro atoms. The van der Waals surface area contributed by atoms with Gasteiger partial charge >= 0.3 is 6.61 Å². The third-order valence-electron chi connectivity index (χ3n) is 26.4. The molecule has 0 saturated carbocycles. The van der Waals surface area contributed by atoms with E-state index >= 15 is 0 Å². The molecule has 8 aliphatic heterocycles. The van der Waals surface area contributed by atoms with E-state index in [1.165, 1.54) is 29.2 Å². The van der Waals surface area contributed by atoms with Gasteiger partial charge in [-0.2, -0.15) is 24.1 Å². The van der Waals surface area contributed by atoms with Crippen molar-refractivity contribution >= 4 is 29.5 Å². The van der Waals surface area contributed by atoms with Crippen molar-refractivity contribution in [2.45, 2.75) is 133 Å². The van der Waals surface area contributed by atoms with E-state index in [1.54, 1.807) is 114 Å². The third kappa shape index (κ3) is 17.1. The molecule has 0 aliphatic carbocycles. The Bertz CT molecular complexity index is 6290. The zero-order chi connectivity index (χ0) is 92.0. The fourth-order valence-corrected chi connectivity index (χ4v) is 19.5. The van der Waals surface area contributed by atoms with Gasteiger partial charge in [-0.15, -0.1) is 0 Å². The number of ether oxygens (including phenoxy) is 8. The Kier molecular flexibility index (Phi) is 24.8. The Morgan fingerprint density at radius 1 is 0.496 bits per heavy atom. The normalized spacial score (nSPS) is 16.6. The number of benzene rings is 8. The van der Waals surface area contributed by atoms with Gasteiger partial charge in [0.15, 0.2) is 17.1 Å². The summed E-state index contributed by atoms with van der Waals surface area (Å²) in [6, 6.07) is 56.8. The fraction of sp³-hybridized carbons (Fsp3) is 0.353. The van der Waals surface area contributed by atoms with Crippen LogP contribution in [-0.4, -0.2) is 193 Å². The number of methoxy groups -OCH3 is 2. The molecule has 4 saturated heterocycles. The summed E-state index contributed by atoms with van der Waals surface area (Å²) < 4.78 is 94.6. The molecule has 20 rings (SSSR count). The number of carbonyl (C=O) groups is 5. The number of alkyl halides is 2. The van der Waals surface area contributed by atoms with Gasteiger partial charge in [-0.1, -0.05) is 72.8 Å². The van der Waals surface area contributed by atoms with Gasteiger partial charge in [0, 0.05) is 196 Å². The van der Waals surface area contributed by atoms with E-state index < -0.39 is 34.6 Å². The van der Waals surface area contributed by atoms with Crippen LogP contribution < -0.4 is 33.2 Å². The quantitative estimate of drug-likeness (QED) is 0.106. The highest BCUT2D eigenvalue weighted by Crippen LogP contribution is 2.54. The summed E-state index contributed by atoms with van der Waals surface area (Å²) in [6.45, 7) is 11.6. The summed E-state index contributed by atoms with van der Waals surface area (Å²) in [5, 5.41) is 23.8. The molecule has 4 fully saturated rings. The molecule has 1 N–H and O–H groups in total. The second-order valence-corrected chi connectivity index (χ2v) is 35.2. The lowest BCUT2D eigenvalue weighted by Gasteiger charge is -2.45. The Labute approximate surface area is 758 Å². The zero-order valence-electron chi connectivity index (χ0n) is 75.3. The largest absolute Gasteiger partial charge is 0.493 e. The maximum absolute atomic E-state index is 14.0. The number of rotatable bonds is 14. The smallest absolute Gasteiger partial charge is 0.387 e. The predicted molar refractivity (Wildman–Crippen MR) is 485 cm³/mol. The first-order valence-corrected chi connectivity index (χ1v) is 44.4. The van der Waals surface area contributed by atoms with Crippen molar-refractivity contribution in [1.82, 2.24) is 58.4 Å². The number of carbonyl (C=O) groups excluding carboxylic acids is 5. The van der Waals surface area contributed by atoms with E-state index in [2.05, 4.69) is 61.1 Å². The van der Waals surface area contributed by atoms with Crippen molar-refractivity contribution in [3.8, 4) is 79.7 Å². The lowest BCUT2D eigenvalue weighted by molar-refractivity contribution is -0.0504. The maximum atomic E-state index is 14.0. The van der Waals surface area contributed by atoms with Gasteiger partial charge < -0.3 is 72.1 Å². The first-order chi connectivity index (χ1) is 63.1. The summed E-state index contributed by atoms with van der Waals surface area (Å²) >= 11 is 0. The Balaban J connectivity index is 0.000000122. The number of hydrogen-bond donors (Lipinski definition) is 1. The van der Waals surface area contributed by atoms with Crippen LogP contribution in [0.1, 0.15) is 164 Å². The second-order valence-electron chi connectivity index (χ2n) is 35.2. The van der Waals surface area contributed by atoms with Crippen molar-refractivity contribution in [3.05, 3.63) is 280 Å². The highest BCUT2D eigenvalue weighted by atomic mass is 19.3. The number of para-hydroxylation sites is 5. The Morgan fingerprint density at radius 2 is 0.977 bits per heavy atom. The van der Waals surface area contributed by atoms with Crippen LogP contribution in [0.15, 0.2) is 213 Å². The lowest BCUT2D eigenvalue weighted by Crippen LogP contribution is -2.50. The van der Waals surface area contributed by atoms with Crippen molar-refractivity contribution in [2.24, 2.45) is 14.1 Å². The topological polar surface area (TPSA) is 254 Å². The minimum absolute atomic E-state index is 0.0174. The van der Waals surface area contributed by atoms with Crippen LogP contribution in [0.2, 0.25) is 0 Å². The number of hydrogen-bond acceptors (Lipinski definition) is 17. The molecule has 29 heteroatoms. The number of aromatic nitrogens is 7. The molecule has 0 bridgehead atoms. The van der Waals surface area contributed by atoms with Gasteiger partial charge in [-0.3, -0.25) is 38.0 Å². The number of fused-ring (bicyclic) bond motifs is 16. The molecule has 26 nitrogen and oxygen atoms in total. The number of aryl methyl sites for hydroxylation is 4. The number of nitrogens with zero attached hydrogens (tertiary/aromatic N) is 12. The first-order valence-electron chi connectivity index (χ1n) is 44.4. The number of piperidine rings is 4. The number of likely N-dealkylation sites (tertiary alicyclic amines) is 4. The summed E-state index contributed by atoms with van der Waals surface area (Å²) in [4.78, 5) is 74.4. The molecular weight excluding hydrogens is 1670 g/mol. The highest BCUT2D eigenvalue weighted by Gasteiger charge is 2.51. The number of aliphatic hydroxyl groups is 1. The van der Waals surface area contributed by atoms with E-state index in [-0.39, 0.29) is 52.8 Å². The maximum Gasteiger partial charge on any atom is 0.387 e. The minimum Gasteiger partial charge on any atom is -0.493 e. The molecule has 0 unspecified atom stereocenters. The molecule has 8 aliphatic rings. The molecule has 8 aromatic carbocycles. The average Bonchev–Trinajstić information content (AvgIpc) is 1.63. The van der Waals surface area contributed by atoms with Gasteiger partial charge in [0.25, 0.3) is 29.5 Å². The van der Waals surface area contributed by atoms with Crippen LogP contribution >= 0.6 is 0 Å². The summed E-state index contributed by atoms with van der Waals surface area (Å²) in [7, 11) is 10.5. The first kappa shape index (κ1) is 89.3. The molecule has 12 heterocycles. The van der Waals surface area contributed by atoms with Crippen LogP contribution in [0.5, 0.6) is 40.2 Å². The van der Waals surface area contributed by atoms with Crippen LogP contribution in [-0.2, 0) is 53.4 Å². The molecule has 0 radical (unpaired) electrons. The van der Waals surface area contributed by atoms with Crippen molar-refractivity contribution in [2.75, 3.05) is 87.3 Å². The highest BCUT2D eigenvalue weighted by molar-refractivity contribution is 6.07. The van der Waals surface area contributed by atoms with Gasteiger partial charge in [-0.25, -0.2) is 4.39 Å². The second kappa shape index (κ2) is 36.3. The van der Waals surface area contributed by atoms with Gasteiger partial charge in [-0.05, 0) is 161 Å². The average molecular weight is 1780 g/mol. The third-order valence-corrected chi connectivity index (χ3v) is 26.4.